The molecule has 0 fully saturated rings. The fraction of sp³-hybridized carbons (Fsp3) is 0.281. The van der Waals surface area contributed by atoms with Gasteiger partial charge in [0.2, 0.25) is 11.8 Å². The molecule has 2 amide bonds. The van der Waals surface area contributed by atoms with E-state index in [-0.39, 0.29) is 41.7 Å². The van der Waals surface area contributed by atoms with Crippen molar-refractivity contribution in [3.63, 3.8) is 0 Å². The van der Waals surface area contributed by atoms with Crippen LogP contribution in [-0.4, -0.2) is 28.2 Å². The summed E-state index contributed by atoms with van der Waals surface area (Å²) in [6.07, 6.45) is 2.43. The first-order valence-electron chi connectivity index (χ1n) is 13.4. The number of aromatic nitrogens is 1. The summed E-state index contributed by atoms with van der Waals surface area (Å²) < 4.78 is 25.7. The highest BCUT2D eigenvalue weighted by Crippen LogP contribution is 2.38. The largest absolute Gasteiger partial charge is 0.484 e. The van der Waals surface area contributed by atoms with E-state index in [0.29, 0.717) is 37.2 Å². The smallest absolute Gasteiger partial charge is 0.273 e. The van der Waals surface area contributed by atoms with Crippen molar-refractivity contribution in [3.8, 4) is 5.75 Å². The molecular weight excluding hydrogens is 509 g/mol. The number of nitrogens with one attached hydrogen (secondary N) is 1. The number of benzene rings is 3. The van der Waals surface area contributed by atoms with Crippen LogP contribution in [0.4, 0.5) is 4.39 Å². The number of hydrogen-bond acceptors (Lipinski definition) is 5. The van der Waals surface area contributed by atoms with Crippen LogP contribution < -0.4 is 10.1 Å². The minimum absolute atomic E-state index is 0.0192. The van der Waals surface area contributed by atoms with Crippen LogP contribution in [0.1, 0.15) is 64.9 Å². The predicted molar refractivity (Wildman–Crippen MR) is 148 cm³/mol. The SMILES string of the molecule is CC(C)CC(=O)N1CCc2ccc(OCc3nc(C(=O)NCc4ccccc4)co3)cc2[C@H]1c1cccc(F)c1. The van der Waals surface area contributed by atoms with Crippen LogP contribution in [-0.2, 0) is 24.4 Å². The Labute approximate surface area is 233 Å². The number of carbonyl (C=O) groups excluding carboxylic acids is 2. The summed E-state index contributed by atoms with van der Waals surface area (Å²) >= 11 is 0. The van der Waals surface area contributed by atoms with Gasteiger partial charge in [-0.2, -0.15) is 0 Å². The lowest BCUT2D eigenvalue weighted by atomic mass is 9.87. The Morgan fingerprint density at radius 1 is 1.10 bits per heavy atom. The molecule has 5 rings (SSSR count). The van der Waals surface area contributed by atoms with Crippen molar-refractivity contribution in [2.45, 2.75) is 45.9 Å². The van der Waals surface area contributed by atoms with E-state index in [9.17, 15) is 14.0 Å². The van der Waals surface area contributed by atoms with E-state index in [0.717, 1.165) is 16.7 Å². The fourth-order valence-corrected chi connectivity index (χ4v) is 4.95. The van der Waals surface area contributed by atoms with E-state index < -0.39 is 6.04 Å². The molecule has 3 aromatic carbocycles. The first-order chi connectivity index (χ1) is 19.4. The summed E-state index contributed by atoms with van der Waals surface area (Å²) in [7, 11) is 0. The van der Waals surface area contributed by atoms with Gasteiger partial charge in [-0.25, -0.2) is 9.37 Å². The molecule has 1 N–H and O–H groups in total. The molecule has 8 heteroatoms. The second-order valence-corrected chi connectivity index (χ2v) is 10.3. The third kappa shape index (κ3) is 6.39. The minimum Gasteiger partial charge on any atom is -0.484 e. The van der Waals surface area contributed by atoms with Crippen LogP contribution in [0.5, 0.6) is 5.75 Å². The molecule has 4 aromatic rings. The molecule has 0 bridgehead atoms. The van der Waals surface area contributed by atoms with Crippen molar-refractivity contribution >= 4 is 11.8 Å². The molecule has 206 valence electrons. The van der Waals surface area contributed by atoms with Crippen LogP contribution in [0.15, 0.2) is 83.5 Å². The molecule has 7 nitrogen and oxygen atoms in total. The van der Waals surface area contributed by atoms with E-state index in [1.807, 2.05) is 73.3 Å². The zero-order valence-corrected chi connectivity index (χ0v) is 22.6. The second-order valence-electron chi connectivity index (χ2n) is 10.3. The Balaban J connectivity index is 1.31. The molecule has 0 radical (unpaired) electrons. The molecule has 1 atom stereocenters. The van der Waals surface area contributed by atoms with Gasteiger partial charge in [-0.15, -0.1) is 0 Å². The summed E-state index contributed by atoms with van der Waals surface area (Å²) in [6.45, 7) is 4.99. The average Bonchev–Trinajstić information content (AvgIpc) is 3.43. The van der Waals surface area contributed by atoms with Gasteiger partial charge in [0.1, 0.15) is 17.8 Å². The lowest BCUT2D eigenvalue weighted by molar-refractivity contribution is -0.134. The summed E-state index contributed by atoms with van der Waals surface area (Å²) in [5.74, 6) is 0.393. The summed E-state index contributed by atoms with van der Waals surface area (Å²) in [4.78, 5) is 31.8. The third-order valence-corrected chi connectivity index (χ3v) is 6.86. The van der Waals surface area contributed by atoms with Gasteiger partial charge >= 0.3 is 0 Å². The molecule has 0 aliphatic carbocycles. The van der Waals surface area contributed by atoms with Crippen molar-refractivity contribution in [2.75, 3.05) is 6.54 Å². The molecule has 1 aromatic heterocycles. The summed E-state index contributed by atoms with van der Waals surface area (Å²) in [5, 5.41) is 2.82. The van der Waals surface area contributed by atoms with Crippen LogP contribution in [0.25, 0.3) is 0 Å². The number of fused-ring (bicyclic) bond motifs is 1. The van der Waals surface area contributed by atoms with E-state index >= 15 is 0 Å². The summed E-state index contributed by atoms with van der Waals surface area (Å²) in [6, 6.07) is 21.3. The number of carbonyl (C=O) groups is 2. The van der Waals surface area contributed by atoms with Gasteiger partial charge in [0, 0.05) is 19.5 Å². The van der Waals surface area contributed by atoms with Crippen molar-refractivity contribution < 1.29 is 23.1 Å². The normalized spacial score (nSPS) is 14.6. The van der Waals surface area contributed by atoms with Gasteiger partial charge in [-0.1, -0.05) is 62.4 Å². The molecule has 0 spiro atoms. The van der Waals surface area contributed by atoms with Crippen LogP contribution in [0, 0.1) is 11.7 Å². The summed E-state index contributed by atoms with van der Waals surface area (Å²) in [5.41, 5.74) is 3.86. The van der Waals surface area contributed by atoms with Crippen molar-refractivity contribution in [2.24, 2.45) is 5.92 Å². The number of hydrogen-bond donors (Lipinski definition) is 1. The maximum absolute atomic E-state index is 14.2. The van der Waals surface area contributed by atoms with Crippen LogP contribution in [0.3, 0.4) is 0 Å². The molecule has 0 saturated carbocycles. The van der Waals surface area contributed by atoms with Crippen molar-refractivity contribution in [3.05, 3.63) is 119 Å². The lowest BCUT2D eigenvalue weighted by Crippen LogP contribution is -2.41. The van der Waals surface area contributed by atoms with Gasteiger partial charge in [0.25, 0.3) is 5.91 Å². The number of nitrogens with zero attached hydrogens (tertiary/aromatic N) is 2. The lowest BCUT2D eigenvalue weighted by Gasteiger charge is -2.38. The van der Waals surface area contributed by atoms with E-state index in [2.05, 4.69) is 10.3 Å². The molecular formula is C32H32FN3O4. The van der Waals surface area contributed by atoms with Crippen LogP contribution >= 0.6 is 0 Å². The maximum Gasteiger partial charge on any atom is 0.273 e. The third-order valence-electron chi connectivity index (χ3n) is 6.86. The average molecular weight is 542 g/mol. The number of ether oxygens (including phenoxy) is 1. The Kier molecular flexibility index (Phi) is 8.24. The Morgan fingerprint density at radius 3 is 2.70 bits per heavy atom. The molecule has 0 unspecified atom stereocenters. The molecule has 1 aliphatic heterocycles. The topological polar surface area (TPSA) is 84.7 Å². The van der Waals surface area contributed by atoms with Crippen molar-refractivity contribution in [1.29, 1.82) is 0 Å². The zero-order valence-electron chi connectivity index (χ0n) is 22.6. The standard InChI is InChI=1S/C32H32FN3O4/c1-21(2)15-30(37)36-14-13-23-11-12-26(17-27(23)31(36)24-9-6-10-25(33)16-24)39-20-29-35-28(19-40-29)32(38)34-18-22-7-4-3-5-8-22/h3-12,16-17,19,21,31H,13-15,18,20H2,1-2H3,(H,34,38)/t31-/m1/s1. The van der Waals surface area contributed by atoms with Crippen LogP contribution in [0.2, 0.25) is 0 Å². The molecule has 40 heavy (non-hydrogen) atoms. The number of amides is 2. The van der Waals surface area contributed by atoms with Gasteiger partial charge in [-0.05, 0) is 58.9 Å². The number of halogens is 1. The predicted octanol–water partition coefficient (Wildman–Crippen LogP) is 5.84. The monoisotopic (exact) mass is 541 g/mol. The minimum atomic E-state index is -0.420. The van der Waals surface area contributed by atoms with Crippen molar-refractivity contribution in [1.82, 2.24) is 15.2 Å². The van der Waals surface area contributed by atoms with E-state index in [1.165, 1.54) is 18.4 Å². The first-order valence-corrected chi connectivity index (χ1v) is 13.4. The Bertz CT molecular complexity index is 1480. The van der Waals surface area contributed by atoms with E-state index in [4.69, 9.17) is 9.15 Å². The molecule has 0 saturated heterocycles. The maximum atomic E-state index is 14.2. The number of rotatable bonds is 9. The quantitative estimate of drug-likeness (QED) is 0.288. The van der Waals surface area contributed by atoms with Gasteiger partial charge in [-0.3, -0.25) is 9.59 Å². The fourth-order valence-electron chi connectivity index (χ4n) is 4.95. The number of oxazole rings is 1. The second kappa shape index (κ2) is 12.2. The first kappa shape index (κ1) is 27.1. The van der Waals surface area contributed by atoms with Gasteiger partial charge in [0.15, 0.2) is 12.3 Å². The highest BCUT2D eigenvalue weighted by atomic mass is 19.1. The highest BCUT2D eigenvalue weighted by Gasteiger charge is 2.32. The highest BCUT2D eigenvalue weighted by molar-refractivity contribution is 5.91. The molecule has 2 heterocycles. The van der Waals surface area contributed by atoms with Gasteiger partial charge in [0.05, 0.1) is 6.04 Å². The van der Waals surface area contributed by atoms with E-state index in [1.54, 1.807) is 6.07 Å². The Hall–Kier alpha value is -4.46. The Morgan fingerprint density at radius 2 is 1.93 bits per heavy atom. The zero-order chi connectivity index (χ0) is 28.1. The van der Waals surface area contributed by atoms with Gasteiger partial charge < -0.3 is 19.4 Å². The molecule has 1 aliphatic rings.